The zero-order valence-corrected chi connectivity index (χ0v) is 12.1. The van der Waals surface area contributed by atoms with Gasteiger partial charge in [0.05, 0.1) is 0 Å². The zero-order chi connectivity index (χ0) is 14.5. The van der Waals surface area contributed by atoms with Gasteiger partial charge in [-0.3, -0.25) is 0 Å². The van der Waals surface area contributed by atoms with Crippen LogP contribution in [0.25, 0.3) is 0 Å². The highest BCUT2D eigenvalue weighted by Gasteiger charge is 2.03. The molecule has 3 N–H and O–H groups in total. The Morgan fingerprint density at radius 2 is 2.00 bits per heavy atom. The molecule has 0 aliphatic heterocycles. The number of aryl methyl sites for hydroxylation is 1. The minimum absolute atomic E-state index is 0.158. The molecule has 0 spiro atoms. The maximum atomic E-state index is 13.5. The SMILES string of the molecule is Cc1cc(NCCc2ccccc2F)ccc1C(N)=S. The zero-order valence-electron chi connectivity index (χ0n) is 11.3. The summed E-state index contributed by atoms with van der Waals surface area (Å²) in [4.78, 5) is 0.403. The molecule has 0 atom stereocenters. The van der Waals surface area contributed by atoms with Gasteiger partial charge in [0.2, 0.25) is 0 Å². The summed E-state index contributed by atoms with van der Waals surface area (Å²) in [6, 6.07) is 12.7. The van der Waals surface area contributed by atoms with Gasteiger partial charge in [-0.1, -0.05) is 30.4 Å². The summed E-state index contributed by atoms with van der Waals surface area (Å²) in [5.74, 6) is -0.158. The van der Waals surface area contributed by atoms with E-state index in [4.69, 9.17) is 18.0 Å². The molecule has 2 aromatic rings. The van der Waals surface area contributed by atoms with Crippen molar-refractivity contribution in [1.29, 1.82) is 0 Å². The van der Waals surface area contributed by atoms with Gasteiger partial charge in [-0.05, 0) is 48.7 Å². The van der Waals surface area contributed by atoms with Crippen molar-refractivity contribution >= 4 is 22.9 Å². The van der Waals surface area contributed by atoms with Crippen molar-refractivity contribution in [1.82, 2.24) is 0 Å². The monoisotopic (exact) mass is 288 g/mol. The van der Waals surface area contributed by atoms with Crippen LogP contribution < -0.4 is 11.1 Å². The summed E-state index contributed by atoms with van der Waals surface area (Å²) in [5.41, 5.74) is 9.25. The highest BCUT2D eigenvalue weighted by Crippen LogP contribution is 2.15. The van der Waals surface area contributed by atoms with Gasteiger partial charge in [0.25, 0.3) is 0 Å². The van der Waals surface area contributed by atoms with Gasteiger partial charge in [-0.25, -0.2) is 4.39 Å². The topological polar surface area (TPSA) is 38.0 Å². The van der Waals surface area contributed by atoms with E-state index in [0.717, 1.165) is 22.4 Å². The molecule has 4 heteroatoms. The molecule has 0 unspecified atom stereocenters. The predicted molar refractivity (Wildman–Crippen MR) is 85.7 cm³/mol. The molecule has 0 aliphatic rings. The van der Waals surface area contributed by atoms with Crippen molar-refractivity contribution in [2.24, 2.45) is 5.73 Å². The van der Waals surface area contributed by atoms with Crippen molar-refractivity contribution < 1.29 is 4.39 Å². The van der Waals surface area contributed by atoms with E-state index in [1.807, 2.05) is 31.2 Å². The first-order valence-electron chi connectivity index (χ1n) is 6.45. The number of thiocarbonyl (C=S) groups is 1. The second kappa shape index (κ2) is 6.48. The first kappa shape index (κ1) is 14.5. The molecular formula is C16H17FN2S. The normalized spacial score (nSPS) is 10.3. The number of halogens is 1. The van der Waals surface area contributed by atoms with Crippen molar-refractivity contribution in [3.05, 3.63) is 65.0 Å². The predicted octanol–water partition coefficient (Wildman–Crippen LogP) is 3.42. The van der Waals surface area contributed by atoms with E-state index >= 15 is 0 Å². The second-order valence-corrected chi connectivity index (χ2v) is 5.10. The number of anilines is 1. The van der Waals surface area contributed by atoms with E-state index in [-0.39, 0.29) is 5.82 Å². The molecule has 20 heavy (non-hydrogen) atoms. The molecule has 2 rings (SSSR count). The van der Waals surface area contributed by atoms with Gasteiger partial charge < -0.3 is 11.1 Å². The Kier molecular flexibility index (Phi) is 4.69. The van der Waals surface area contributed by atoms with Crippen molar-refractivity contribution in [3.8, 4) is 0 Å². The molecular weight excluding hydrogens is 271 g/mol. The molecule has 0 fully saturated rings. The molecule has 0 saturated carbocycles. The van der Waals surface area contributed by atoms with Crippen LogP contribution in [0.15, 0.2) is 42.5 Å². The molecule has 104 valence electrons. The minimum atomic E-state index is -0.158. The standard InChI is InChI=1S/C16H17FN2S/c1-11-10-13(6-7-14(11)16(18)20)19-9-8-12-4-2-3-5-15(12)17/h2-7,10,19H,8-9H2,1H3,(H2,18,20). The first-order valence-corrected chi connectivity index (χ1v) is 6.86. The maximum absolute atomic E-state index is 13.5. The van der Waals surface area contributed by atoms with Gasteiger partial charge in [0.15, 0.2) is 0 Å². The average molecular weight is 288 g/mol. The Labute approximate surface area is 123 Å². The molecule has 0 aliphatic carbocycles. The quantitative estimate of drug-likeness (QED) is 0.828. The third-order valence-corrected chi connectivity index (χ3v) is 3.39. The second-order valence-electron chi connectivity index (χ2n) is 4.66. The van der Waals surface area contributed by atoms with Crippen molar-refractivity contribution in [3.63, 3.8) is 0 Å². The fraction of sp³-hybridized carbons (Fsp3) is 0.188. The number of nitrogens with two attached hydrogens (primary N) is 1. The molecule has 0 radical (unpaired) electrons. The number of hydrogen-bond acceptors (Lipinski definition) is 2. The van der Waals surface area contributed by atoms with Crippen molar-refractivity contribution in [2.75, 3.05) is 11.9 Å². The van der Waals surface area contributed by atoms with Crippen LogP contribution in [-0.4, -0.2) is 11.5 Å². The summed E-state index contributed by atoms with van der Waals surface area (Å²) in [5, 5.41) is 3.28. The van der Waals surface area contributed by atoms with Crippen LogP contribution in [0.2, 0.25) is 0 Å². The highest BCUT2D eigenvalue weighted by atomic mass is 32.1. The average Bonchev–Trinajstić information content (AvgIpc) is 2.40. The molecule has 2 nitrogen and oxygen atoms in total. The lowest BCUT2D eigenvalue weighted by Gasteiger charge is -2.10. The van der Waals surface area contributed by atoms with Crippen molar-refractivity contribution in [2.45, 2.75) is 13.3 Å². The Balaban J connectivity index is 1.97. The van der Waals surface area contributed by atoms with E-state index in [0.29, 0.717) is 18.0 Å². The lowest BCUT2D eigenvalue weighted by molar-refractivity contribution is 0.610. The van der Waals surface area contributed by atoms with E-state index in [9.17, 15) is 4.39 Å². The highest BCUT2D eigenvalue weighted by molar-refractivity contribution is 7.80. The summed E-state index contributed by atoms with van der Waals surface area (Å²) in [6.07, 6.45) is 0.642. The van der Waals surface area contributed by atoms with Crippen LogP contribution in [0, 0.1) is 12.7 Å². The number of rotatable bonds is 5. The van der Waals surface area contributed by atoms with Gasteiger partial charge in [0.1, 0.15) is 10.8 Å². The van der Waals surface area contributed by atoms with Crippen LogP contribution in [0.5, 0.6) is 0 Å². The summed E-state index contributed by atoms with van der Waals surface area (Å²) < 4.78 is 13.5. The number of hydrogen-bond donors (Lipinski definition) is 2. The largest absolute Gasteiger partial charge is 0.389 e. The molecule has 0 heterocycles. The van der Waals surface area contributed by atoms with Gasteiger partial charge in [0, 0.05) is 17.8 Å². The summed E-state index contributed by atoms with van der Waals surface area (Å²) >= 11 is 4.97. The Morgan fingerprint density at radius 1 is 1.25 bits per heavy atom. The van der Waals surface area contributed by atoms with Crippen LogP contribution in [0.3, 0.4) is 0 Å². The molecule has 0 saturated heterocycles. The molecule has 2 aromatic carbocycles. The van der Waals surface area contributed by atoms with Crippen LogP contribution in [0.4, 0.5) is 10.1 Å². The minimum Gasteiger partial charge on any atom is -0.389 e. The lowest BCUT2D eigenvalue weighted by Crippen LogP contribution is -2.12. The molecule has 0 aromatic heterocycles. The third-order valence-electron chi connectivity index (χ3n) is 3.17. The fourth-order valence-corrected chi connectivity index (χ4v) is 2.32. The molecule has 0 bridgehead atoms. The van der Waals surface area contributed by atoms with E-state index < -0.39 is 0 Å². The van der Waals surface area contributed by atoms with E-state index in [1.165, 1.54) is 6.07 Å². The van der Waals surface area contributed by atoms with Gasteiger partial charge in [-0.15, -0.1) is 0 Å². The Morgan fingerprint density at radius 3 is 2.65 bits per heavy atom. The fourth-order valence-electron chi connectivity index (χ4n) is 2.09. The Bertz CT molecular complexity index is 626. The lowest BCUT2D eigenvalue weighted by atomic mass is 10.1. The maximum Gasteiger partial charge on any atom is 0.126 e. The Hall–Kier alpha value is -1.94. The third kappa shape index (κ3) is 3.54. The van der Waals surface area contributed by atoms with E-state index in [2.05, 4.69) is 5.32 Å². The molecule has 0 amide bonds. The number of benzene rings is 2. The van der Waals surface area contributed by atoms with Gasteiger partial charge >= 0.3 is 0 Å². The summed E-state index contributed by atoms with van der Waals surface area (Å²) in [7, 11) is 0. The number of nitrogens with one attached hydrogen (secondary N) is 1. The van der Waals surface area contributed by atoms with E-state index in [1.54, 1.807) is 12.1 Å². The van der Waals surface area contributed by atoms with Gasteiger partial charge in [-0.2, -0.15) is 0 Å². The smallest absolute Gasteiger partial charge is 0.126 e. The van der Waals surface area contributed by atoms with Crippen LogP contribution >= 0.6 is 12.2 Å². The van der Waals surface area contributed by atoms with Crippen LogP contribution in [0.1, 0.15) is 16.7 Å². The summed E-state index contributed by atoms with van der Waals surface area (Å²) in [6.45, 7) is 2.64. The first-order chi connectivity index (χ1) is 9.58. The van der Waals surface area contributed by atoms with Crippen LogP contribution in [-0.2, 0) is 6.42 Å².